The van der Waals surface area contributed by atoms with Crippen LogP contribution in [0.15, 0.2) is 88.0 Å². The first-order valence-corrected chi connectivity index (χ1v) is 8.82. The molecule has 0 fully saturated rings. The SMILES string of the molecule is O=C(Nc1ccccc1C(=O)OCc1ncc(-c2ccccc2)o1)c1ccco1. The molecule has 2 aromatic heterocycles. The largest absolute Gasteiger partial charge is 0.459 e. The molecule has 7 heteroatoms. The number of para-hydroxylation sites is 1. The zero-order chi connectivity index (χ0) is 20.1. The van der Waals surface area contributed by atoms with Gasteiger partial charge in [0.15, 0.2) is 18.1 Å². The molecule has 0 aliphatic rings. The number of aromatic nitrogens is 1. The van der Waals surface area contributed by atoms with Gasteiger partial charge >= 0.3 is 5.97 Å². The number of hydrogen-bond acceptors (Lipinski definition) is 6. The number of oxazole rings is 1. The van der Waals surface area contributed by atoms with Crippen LogP contribution >= 0.6 is 0 Å². The number of amides is 1. The molecule has 7 nitrogen and oxygen atoms in total. The Hall–Kier alpha value is -4.13. The highest BCUT2D eigenvalue weighted by atomic mass is 16.5. The number of carbonyl (C=O) groups excluding carboxylic acids is 2. The van der Waals surface area contributed by atoms with E-state index in [1.165, 1.54) is 12.3 Å². The highest BCUT2D eigenvalue weighted by molar-refractivity contribution is 6.06. The summed E-state index contributed by atoms with van der Waals surface area (Å²) < 4.78 is 16.0. The van der Waals surface area contributed by atoms with Crippen molar-refractivity contribution in [3.63, 3.8) is 0 Å². The number of nitrogens with zero attached hydrogens (tertiary/aromatic N) is 1. The van der Waals surface area contributed by atoms with Gasteiger partial charge in [0.05, 0.1) is 23.7 Å². The van der Waals surface area contributed by atoms with Crippen LogP contribution in [0.1, 0.15) is 26.8 Å². The molecular weight excluding hydrogens is 372 g/mol. The summed E-state index contributed by atoms with van der Waals surface area (Å²) in [5, 5.41) is 2.65. The van der Waals surface area contributed by atoms with E-state index in [0.717, 1.165) is 5.56 Å². The molecular formula is C22H16N2O5. The normalized spacial score (nSPS) is 10.5. The summed E-state index contributed by atoms with van der Waals surface area (Å²) in [5.41, 5.74) is 1.40. The second-order valence-corrected chi connectivity index (χ2v) is 6.04. The van der Waals surface area contributed by atoms with Gasteiger partial charge in [-0.2, -0.15) is 0 Å². The van der Waals surface area contributed by atoms with Crippen molar-refractivity contribution in [2.24, 2.45) is 0 Å². The molecule has 29 heavy (non-hydrogen) atoms. The number of rotatable bonds is 6. The van der Waals surface area contributed by atoms with Gasteiger partial charge in [-0.1, -0.05) is 42.5 Å². The second kappa shape index (κ2) is 8.26. The van der Waals surface area contributed by atoms with Crippen molar-refractivity contribution in [2.45, 2.75) is 6.61 Å². The lowest BCUT2D eigenvalue weighted by atomic mass is 10.1. The number of anilines is 1. The molecule has 2 aromatic carbocycles. The lowest BCUT2D eigenvalue weighted by molar-refractivity contribution is 0.0440. The topological polar surface area (TPSA) is 94.6 Å². The number of nitrogens with one attached hydrogen (secondary N) is 1. The summed E-state index contributed by atoms with van der Waals surface area (Å²) >= 11 is 0. The average molecular weight is 388 g/mol. The van der Waals surface area contributed by atoms with Crippen LogP contribution in [0.5, 0.6) is 0 Å². The smallest absolute Gasteiger partial charge is 0.340 e. The lowest BCUT2D eigenvalue weighted by Crippen LogP contribution is -2.15. The zero-order valence-electron chi connectivity index (χ0n) is 15.2. The molecule has 0 bridgehead atoms. The predicted octanol–water partition coefficient (Wildman–Crippen LogP) is 4.54. The van der Waals surface area contributed by atoms with Crippen LogP contribution in [0, 0.1) is 0 Å². The van der Waals surface area contributed by atoms with Crippen LogP contribution in [0.3, 0.4) is 0 Å². The summed E-state index contributed by atoms with van der Waals surface area (Å²) in [6, 6.07) is 19.2. The third-order valence-corrected chi connectivity index (χ3v) is 4.08. The van der Waals surface area contributed by atoms with E-state index in [1.54, 1.807) is 36.5 Å². The van der Waals surface area contributed by atoms with Crippen molar-refractivity contribution < 1.29 is 23.2 Å². The van der Waals surface area contributed by atoms with E-state index in [0.29, 0.717) is 11.4 Å². The Balaban J connectivity index is 1.43. The highest BCUT2D eigenvalue weighted by Gasteiger charge is 2.17. The van der Waals surface area contributed by atoms with E-state index in [1.807, 2.05) is 30.3 Å². The van der Waals surface area contributed by atoms with Crippen LogP contribution in [0.4, 0.5) is 5.69 Å². The first-order valence-electron chi connectivity index (χ1n) is 8.82. The Labute approximate surface area is 165 Å². The Kier molecular flexibility index (Phi) is 5.20. The van der Waals surface area contributed by atoms with Gasteiger partial charge in [-0.05, 0) is 24.3 Å². The molecule has 0 aliphatic heterocycles. The maximum Gasteiger partial charge on any atom is 0.340 e. The van der Waals surface area contributed by atoms with Crippen LogP contribution < -0.4 is 5.32 Å². The average Bonchev–Trinajstić information content (AvgIpc) is 3.45. The number of carbonyl (C=O) groups is 2. The van der Waals surface area contributed by atoms with Gasteiger partial charge in [-0.15, -0.1) is 0 Å². The fourth-order valence-electron chi connectivity index (χ4n) is 2.68. The zero-order valence-corrected chi connectivity index (χ0v) is 15.2. The molecule has 1 N–H and O–H groups in total. The molecule has 4 aromatic rings. The van der Waals surface area contributed by atoms with Gasteiger partial charge in [0.2, 0.25) is 5.89 Å². The van der Waals surface area contributed by atoms with Crippen molar-refractivity contribution in [3.05, 3.63) is 96.4 Å². The molecule has 0 aliphatic carbocycles. The monoisotopic (exact) mass is 388 g/mol. The van der Waals surface area contributed by atoms with E-state index in [9.17, 15) is 9.59 Å². The summed E-state index contributed by atoms with van der Waals surface area (Å²) in [4.78, 5) is 28.8. The standard InChI is InChI=1S/C22H16N2O5/c25-21(18-11-6-12-27-18)24-17-10-5-4-9-16(17)22(26)28-14-20-23-13-19(29-20)15-7-2-1-3-8-15/h1-13H,14H2,(H,24,25). The second-order valence-electron chi connectivity index (χ2n) is 6.04. The Morgan fingerprint density at radius 3 is 2.55 bits per heavy atom. The molecule has 144 valence electrons. The Bertz CT molecular complexity index is 1120. The van der Waals surface area contributed by atoms with Crippen LogP contribution in [-0.4, -0.2) is 16.9 Å². The third-order valence-electron chi connectivity index (χ3n) is 4.08. The molecule has 0 radical (unpaired) electrons. The number of hydrogen-bond donors (Lipinski definition) is 1. The predicted molar refractivity (Wildman–Crippen MR) is 104 cm³/mol. The van der Waals surface area contributed by atoms with Crippen molar-refractivity contribution in [3.8, 4) is 11.3 Å². The van der Waals surface area contributed by atoms with Gasteiger partial charge in [-0.25, -0.2) is 9.78 Å². The minimum atomic E-state index is -0.611. The molecule has 0 unspecified atom stereocenters. The lowest BCUT2D eigenvalue weighted by Gasteiger charge is -2.09. The first kappa shape index (κ1) is 18.2. The van der Waals surface area contributed by atoms with Crippen LogP contribution in [-0.2, 0) is 11.3 Å². The van der Waals surface area contributed by atoms with Crippen LogP contribution in [0.2, 0.25) is 0 Å². The van der Waals surface area contributed by atoms with E-state index < -0.39 is 11.9 Å². The summed E-state index contributed by atoms with van der Waals surface area (Å²) in [5.74, 6) is -0.0753. The molecule has 1 amide bonds. The molecule has 4 rings (SSSR count). The Morgan fingerprint density at radius 2 is 1.76 bits per heavy atom. The molecule has 0 saturated heterocycles. The Morgan fingerprint density at radius 1 is 0.966 bits per heavy atom. The third kappa shape index (κ3) is 4.24. The van der Waals surface area contributed by atoms with E-state index >= 15 is 0 Å². The van der Waals surface area contributed by atoms with Crippen molar-refractivity contribution >= 4 is 17.6 Å². The van der Waals surface area contributed by atoms with E-state index in [2.05, 4.69) is 10.3 Å². The van der Waals surface area contributed by atoms with Gasteiger partial charge < -0.3 is 18.9 Å². The number of furan rings is 1. The highest BCUT2D eigenvalue weighted by Crippen LogP contribution is 2.21. The first-order chi connectivity index (χ1) is 14.2. The number of esters is 1. The minimum Gasteiger partial charge on any atom is -0.459 e. The number of benzene rings is 2. The molecule has 0 saturated carbocycles. The number of ether oxygens (including phenoxy) is 1. The summed E-state index contributed by atoms with van der Waals surface area (Å²) in [6.07, 6.45) is 2.98. The van der Waals surface area contributed by atoms with Gasteiger partial charge in [0, 0.05) is 5.56 Å². The fourth-order valence-corrected chi connectivity index (χ4v) is 2.68. The molecule has 2 heterocycles. The quantitative estimate of drug-likeness (QED) is 0.487. The summed E-state index contributed by atoms with van der Waals surface area (Å²) in [6.45, 7) is -0.133. The van der Waals surface area contributed by atoms with Crippen molar-refractivity contribution in [1.82, 2.24) is 4.98 Å². The maximum atomic E-state index is 12.5. The van der Waals surface area contributed by atoms with E-state index in [-0.39, 0.29) is 23.8 Å². The van der Waals surface area contributed by atoms with Crippen molar-refractivity contribution in [1.29, 1.82) is 0 Å². The molecule has 0 spiro atoms. The van der Waals surface area contributed by atoms with E-state index in [4.69, 9.17) is 13.6 Å². The van der Waals surface area contributed by atoms with Gasteiger partial charge in [0.1, 0.15) is 0 Å². The van der Waals surface area contributed by atoms with Gasteiger partial charge in [0.25, 0.3) is 5.91 Å². The molecule has 0 atom stereocenters. The summed E-state index contributed by atoms with van der Waals surface area (Å²) in [7, 11) is 0. The maximum absolute atomic E-state index is 12.5. The minimum absolute atomic E-state index is 0.133. The van der Waals surface area contributed by atoms with Crippen molar-refractivity contribution in [2.75, 3.05) is 5.32 Å². The fraction of sp³-hybridized carbons (Fsp3) is 0.0455. The van der Waals surface area contributed by atoms with Crippen LogP contribution in [0.25, 0.3) is 11.3 Å². The van der Waals surface area contributed by atoms with Gasteiger partial charge in [-0.3, -0.25) is 4.79 Å².